The maximum Gasteiger partial charge on any atom is 0.247 e. The Balaban J connectivity index is 1.54. The molecule has 0 aromatic carbocycles. The van der Waals surface area contributed by atoms with Crippen LogP contribution in [0.1, 0.15) is 37.7 Å². The maximum atomic E-state index is 13.4. The number of carbonyl (C=O) groups is 2. The van der Waals surface area contributed by atoms with Gasteiger partial charge in [0.05, 0.1) is 6.34 Å². The van der Waals surface area contributed by atoms with E-state index in [4.69, 9.17) is 4.99 Å². The van der Waals surface area contributed by atoms with E-state index in [9.17, 15) is 9.59 Å². The lowest BCUT2D eigenvalue weighted by molar-refractivity contribution is -0.132. The smallest absolute Gasteiger partial charge is 0.247 e. The molecule has 2 unspecified atom stereocenters. The zero-order valence-corrected chi connectivity index (χ0v) is 15.2. The van der Waals surface area contributed by atoms with Crippen LogP contribution in [0.2, 0.25) is 0 Å². The molecular weight excluding hydrogens is 336 g/mol. The number of Topliss-reactive ketones (excluding diaryl/α,β-unsaturated/α-hetero) is 1. The van der Waals surface area contributed by atoms with Crippen LogP contribution in [0.15, 0.2) is 22.3 Å². The first-order valence-electron chi connectivity index (χ1n) is 8.74. The number of amides is 1. The number of thioether (sulfide) groups is 1. The number of aromatic nitrogens is 1. The van der Waals surface area contributed by atoms with Crippen LogP contribution in [-0.4, -0.2) is 52.8 Å². The van der Waals surface area contributed by atoms with E-state index < -0.39 is 10.3 Å². The van der Waals surface area contributed by atoms with Crippen molar-refractivity contribution in [3.63, 3.8) is 0 Å². The first-order chi connectivity index (χ1) is 12.0. The molecule has 6 nitrogen and oxygen atoms in total. The van der Waals surface area contributed by atoms with Crippen LogP contribution >= 0.6 is 11.8 Å². The lowest BCUT2D eigenvalue weighted by atomic mass is 9.92. The Morgan fingerprint density at radius 3 is 2.76 bits per heavy atom. The van der Waals surface area contributed by atoms with Crippen molar-refractivity contribution in [3.8, 4) is 0 Å². The van der Waals surface area contributed by atoms with Crippen molar-refractivity contribution in [2.75, 3.05) is 19.0 Å². The Morgan fingerprint density at radius 2 is 2.04 bits per heavy atom. The van der Waals surface area contributed by atoms with Crippen LogP contribution in [-0.2, 0) is 15.1 Å². The molecule has 2 aliphatic carbocycles. The summed E-state index contributed by atoms with van der Waals surface area (Å²) in [6.07, 6.45) is 6.94. The van der Waals surface area contributed by atoms with Gasteiger partial charge >= 0.3 is 0 Å². The Kier molecular flexibility index (Phi) is 2.98. The van der Waals surface area contributed by atoms with Crippen LogP contribution in [0.4, 0.5) is 5.69 Å². The van der Waals surface area contributed by atoms with Gasteiger partial charge in [-0.25, -0.2) is 4.98 Å². The Morgan fingerprint density at radius 1 is 1.28 bits per heavy atom. The number of anilines is 1. The van der Waals surface area contributed by atoms with Gasteiger partial charge in [0.1, 0.15) is 21.1 Å². The summed E-state index contributed by atoms with van der Waals surface area (Å²) in [4.78, 5) is 38.2. The van der Waals surface area contributed by atoms with Crippen molar-refractivity contribution in [2.24, 2.45) is 4.99 Å². The number of aliphatic imine (C=N–C) groups is 1. The molecule has 2 fully saturated rings. The highest BCUT2D eigenvalue weighted by Crippen LogP contribution is 2.76. The van der Waals surface area contributed by atoms with Gasteiger partial charge in [0, 0.05) is 56.8 Å². The average Bonchev–Trinajstić information content (AvgIpc) is 3.18. The van der Waals surface area contributed by atoms with Crippen molar-refractivity contribution < 1.29 is 9.59 Å². The molecule has 2 aliphatic heterocycles. The molecule has 1 amide bonds. The Labute approximate surface area is 150 Å². The third-order valence-electron chi connectivity index (χ3n) is 6.00. The van der Waals surface area contributed by atoms with Gasteiger partial charge in [-0.05, 0) is 18.9 Å². The van der Waals surface area contributed by atoms with Crippen molar-refractivity contribution in [1.82, 2.24) is 9.88 Å². The van der Waals surface area contributed by atoms with Gasteiger partial charge in [0.2, 0.25) is 5.91 Å². The highest BCUT2D eigenvalue weighted by atomic mass is 32.2. The van der Waals surface area contributed by atoms with E-state index in [0.29, 0.717) is 18.6 Å². The second kappa shape index (κ2) is 4.84. The van der Waals surface area contributed by atoms with Gasteiger partial charge in [-0.15, -0.1) is 0 Å². The summed E-state index contributed by atoms with van der Waals surface area (Å²) in [5, 5.41) is 0.934. The lowest BCUT2D eigenvalue weighted by Gasteiger charge is -2.35. The van der Waals surface area contributed by atoms with Gasteiger partial charge < -0.3 is 4.90 Å². The van der Waals surface area contributed by atoms with Crippen LogP contribution < -0.4 is 4.90 Å². The van der Waals surface area contributed by atoms with E-state index in [1.54, 1.807) is 18.1 Å². The minimum absolute atomic E-state index is 0.104. The zero-order valence-electron chi connectivity index (χ0n) is 14.4. The van der Waals surface area contributed by atoms with Crippen molar-refractivity contribution >= 4 is 35.5 Å². The molecule has 0 radical (unpaired) electrons. The quantitative estimate of drug-likeness (QED) is 0.811. The monoisotopic (exact) mass is 356 g/mol. The predicted molar refractivity (Wildman–Crippen MR) is 96.0 cm³/mol. The van der Waals surface area contributed by atoms with Gasteiger partial charge in [-0.3, -0.25) is 19.5 Å². The maximum absolute atomic E-state index is 13.4. The van der Waals surface area contributed by atoms with Gasteiger partial charge in [0.15, 0.2) is 0 Å². The van der Waals surface area contributed by atoms with Crippen LogP contribution in [0.25, 0.3) is 0 Å². The molecule has 0 saturated heterocycles. The van der Waals surface area contributed by atoms with E-state index >= 15 is 0 Å². The van der Waals surface area contributed by atoms with Gasteiger partial charge in [-0.2, -0.15) is 0 Å². The molecule has 2 atom stereocenters. The number of fused-ring (bicyclic) bond motifs is 1. The number of pyridine rings is 1. The average molecular weight is 356 g/mol. The molecule has 1 aromatic rings. The first-order valence-corrected chi connectivity index (χ1v) is 9.56. The Hall–Kier alpha value is -1.89. The van der Waals surface area contributed by atoms with E-state index in [-0.39, 0.29) is 11.9 Å². The van der Waals surface area contributed by atoms with E-state index in [0.717, 1.165) is 35.5 Å². The number of nitrogens with zero attached hydrogens (tertiary/aromatic N) is 4. The highest BCUT2D eigenvalue weighted by molar-refractivity contribution is 8.02. The van der Waals surface area contributed by atoms with Crippen LogP contribution in [0.5, 0.6) is 0 Å². The van der Waals surface area contributed by atoms with Crippen molar-refractivity contribution in [2.45, 2.75) is 53.5 Å². The van der Waals surface area contributed by atoms with E-state index in [2.05, 4.69) is 9.88 Å². The number of carbonyl (C=O) groups excluding carboxylic acids is 2. The third kappa shape index (κ3) is 1.82. The van der Waals surface area contributed by atoms with Gasteiger partial charge in [0.25, 0.3) is 0 Å². The summed E-state index contributed by atoms with van der Waals surface area (Å²) in [6.45, 7) is 0. The molecule has 7 heteroatoms. The summed E-state index contributed by atoms with van der Waals surface area (Å²) in [5.41, 5.74) is 1.76. The molecule has 3 heterocycles. The SMILES string of the molecule is CN(C)c1ccnc2c1C13CC1(S2)C(=O)N(C1CCC(=O)CC1)C=N3. The Bertz CT molecular complexity index is 828. The second-order valence-electron chi connectivity index (χ2n) is 7.60. The fraction of sp³-hybridized carbons (Fsp3) is 0.556. The van der Waals surface area contributed by atoms with Crippen LogP contribution in [0, 0.1) is 0 Å². The number of hydrogen-bond donors (Lipinski definition) is 0. The lowest BCUT2D eigenvalue weighted by Crippen LogP contribution is -2.50. The third-order valence-corrected chi connectivity index (χ3v) is 7.51. The largest absolute Gasteiger partial charge is 0.377 e. The summed E-state index contributed by atoms with van der Waals surface area (Å²) in [6, 6.07) is 2.11. The zero-order chi connectivity index (χ0) is 17.4. The topological polar surface area (TPSA) is 65.9 Å². The summed E-state index contributed by atoms with van der Waals surface area (Å²) >= 11 is 1.59. The van der Waals surface area contributed by atoms with E-state index in [1.165, 1.54) is 0 Å². The molecular formula is C18H20N4O2S. The molecule has 2 saturated carbocycles. The summed E-state index contributed by atoms with van der Waals surface area (Å²) in [5.74, 6) is 0.452. The second-order valence-corrected chi connectivity index (χ2v) is 8.89. The number of rotatable bonds is 2. The molecule has 130 valence electrons. The molecule has 0 bridgehead atoms. The fourth-order valence-electron chi connectivity index (χ4n) is 4.56. The van der Waals surface area contributed by atoms with Crippen molar-refractivity contribution in [1.29, 1.82) is 0 Å². The molecule has 5 rings (SSSR count). The van der Waals surface area contributed by atoms with Crippen molar-refractivity contribution in [3.05, 3.63) is 17.8 Å². The molecule has 1 aromatic heterocycles. The molecule has 0 N–H and O–H groups in total. The standard InChI is InChI=1S/C18H20N4O2S/c1-21(2)13-7-8-19-15-14(13)17-9-18(17,25-15)16(24)22(10-20-17)11-3-5-12(23)6-4-11/h7-8,10-11H,3-6,9H2,1-2H3. The molecule has 4 aliphatic rings. The fourth-order valence-corrected chi connectivity index (χ4v) is 6.18. The minimum atomic E-state index is -0.523. The summed E-state index contributed by atoms with van der Waals surface area (Å²) in [7, 11) is 4.03. The predicted octanol–water partition coefficient (Wildman–Crippen LogP) is 1.97. The highest BCUT2D eigenvalue weighted by Gasteiger charge is 2.81. The molecule has 0 spiro atoms. The number of ketones is 1. The summed E-state index contributed by atoms with van der Waals surface area (Å²) < 4.78 is -0.523. The van der Waals surface area contributed by atoms with Crippen LogP contribution in [0.3, 0.4) is 0 Å². The normalized spacial score (nSPS) is 33.1. The number of hydrogen-bond acceptors (Lipinski definition) is 6. The minimum Gasteiger partial charge on any atom is -0.377 e. The first kappa shape index (κ1) is 15.4. The molecule has 25 heavy (non-hydrogen) atoms. The van der Waals surface area contributed by atoms with Gasteiger partial charge in [-0.1, -0.05) is 11.8 Å². The van der Waals surface area contributed by atoms with E-state index in [1.807, 2.05) is 31.3 Å².